The Hall–Kier alpha value is -2.69. The minimum Gasteiger partial charge on any atom is -0.507 e. The van der Waals surface area contributed by atoms with Crippen molar-refractivity contribution in [2.24, 2.45) is 0 Å². The number of para-hydroxylation sites is 1. The van der Waals surface area contributed by atoms with Gasteiger partial charge in [-0.15, -0.1) is 0 Å². The first-order valence-corrected chi connectivity index (χ1v) is 8.95. The third-order valence-corrected chi connectivity index (χ3v) is 5.08. The van der Waals surface area contributed by atoms with Gasteiger partial charge < -0.3 is 14.3 Å². The maximum Gasteiger partial charge on any atom is 0.204 e. The summed E-state index contributed by atoms with van der Waals surface area (Å²) < 4.78 is 11.6. The molecule has 0 spiro atoms. The summed E-state index contributed by atoms with van der Waals surface area (Å²) in [4.78, 5) is 12.7. The number of aromatic hydroxyl groups is 1. The monoisotopic (exact) mass is 400 g/mol. The lowest BCUT2D eigenvalue weighted by Crippen LogP contribution is -2.04. The van der Waals surface area contributed by atoms with Crippen molar-refractivity contribution in [2.75, 3.05) is 0 Å². The summed E-state index contributed by atoms with van der Waals surface area (Å²) in [6.45, 7) is 2.08. The summed E-state index contributed by atoms with van der Waals surface area (Å²) in [7, 11) is 0. The number of fused-ring (bicyclic) bond motifs is 2. The molecule has 0 unspecified atom stereocenters. The van der Waals surface area contributed by atoms with Crippen LogP contribution in [0.4, 0.5) is 0 Å². The van der Waals surface area contributed by atoms with Gasteiger partial charge in [0.15, 0.2) is 0 Å². The van der Waals surface area contributed by atoms with Crippen LogP contribution < -0.4 is 10.2 Å². The number of rotatable bonds is 3. The number of halogens is 2. The molecular weight excluding hydrogens is 387 g/mol. The molecule has 1 aromatic heterocycles. The Labute approximate surface area is 164 Å². The molecule has 0 fully saturated rings. The van der Waals surface area contributed by atoms with Gasteiger partial charge in [0, 0.05) is 12.1 Å². The molecule has 4 rings (SSSR count). The molecule has 0 aliphatic rings. The predicted octanol–water partition coefficient (Wildman–Crippen LogP) is 5.85. The standard InChI is InChI=1S/C21H14Cl2O4/c1-11-3-2-4-14-20(25)19-17(24)8-13(9-18(19)27-21(11)14)26-10-12-5-6-15(22)16(23)7-12/h2-9,24H,10H2,1H3. The second kappa shape index (κ2) is 6.80. The van der Waals surface area contributed by atoms with Crippen LogP contribution in [0.15, 0.2) is 57.7 Å². The van der Waals surface area contributed by atoms with Crippen molar-refractivity contribution in [3.05, 3.63) is 79.9 Å². The van der Waals surface area contributed by atoms with Crippen LogP contribution in [0.1, 0.15) is 11.1 Å². The molecule has 0 bridgehead atoms. The van der Waals surface area contributed by atoms with Crippen molar-refractivity contribution < 1.29 is 14.3 Å². The van der Waals surface area contributed by atoms with Crippen LogP contribution >= 0.6 is 23.2 Å². The zero-order chi connectivity index (χ0) is 19.1. The topological polar surface area (TPSA) is 59.7 Å². The highest BCUT2D eigenvalue weighted by molar-refractivity contribution is 6.42. The highest BCUT2D eigenvalue weighted by Gasteiger charge is 2.14. The Balaban J connectivity index is 1.76. The molecule has 4 nitrogen and oxygen atoms in total. The molecule has 0 saturated heterocycles. The van der Waals surface area contributed by atoms with Gasteiger partial charge in [-0.05, 0) is 36.2 Å². The lowest BCUT2D eigenvalue weighted by atomic mass is 10.1. The van der Waals surface area contributed by atoms with Crippen LogP contribution in [-0.2, 0) is 6.61 Å². The van der Waals surface area contributed by atoms with E-state index in [1.54, 1.807) is 36.4 Å². The van der Waals surface area contributed by atoms with Gasteiger partial charge in [0.05, 0.1) is 15.4 Å². The lowest BCUT2D eigenvalue weighted by molar-refractivity contribution is 0.304. The van der Waals surface area contributed by atoms with Crippen molar-refractivity contribution in [1.82, 2.24) is 0 Å². The van der Waals surface area contributed by atoms with Gasteiger partial charge in [-0.25, -0.2) is 0 Å². The van der Waals surface area contributed by atoms with Crippen LogP contribution in [0.5, 0.6) is 11.5 Å². The van der Waals surface area contributed by atoms with Crippen molar-refractivity contribution in [2.45, 2.75) is 13.5 Å². The fraction of sp³-hybridized carbons (Fsp3) is 0.0952. The first-order valence-electron chi connectivity index (χ1n) is 8.20. The maximum absolute atomic E-state index is 12.7. The Kier molecular flexibility index (Phi) is 4.46. The van der Waals surface area contributed by atoms with E-state index in [0.717, 1.165) is 11.1 Å². The molecule has 0 aliphatic heterocycles. The first-order chi connectivity index (χ1) is 12.9. The Morgan fingerprint density at radius 2 is 1.89 bits per heavy atom. The molecule has 0 radical (unpaired) electrons. The van der Waals surface area contributed by atoms with Crippen LogP contribution in [0.3, 0.4) is 0 Å². The third kappa shape index (κ3) is 3.22. The molecule has 27 heavy (non-hydrogen) atoms. The summed E-state index contributed by atoms with van der Waals surface area (Å²) in [5, 5.41) is 11.8. The van der Waals surface area contributed by atoms with Gasteiger partial charge in [-0.3, -0.25) is 4.79 Å². The molecule has 0 atom stereocenters. The summed E-state index contributed by atoms with van der Waals surface area (Å²) in [6.07, 6.45) is 0. The van der Waals surface area contributed by atoms with E-state index in [4.69, 9.17) is 32.4 Å². The largest absolute Gasteiger partial charge is 0.507 e. The molecule has 0 amide bonds. The van der Waals surface area contributed by atoms with Crippen LogP contribution in [0.2, 0.25) is 10.0 Å². The quantitative estimate of drug-likeness (QED) is 0.438. The van der Waals surface area contributed by atoms with E-state index in [-0.39, 0.29) is 28.8 Å². The minimum absolute atomic E-state index is 0.134. The number of phenolic OH excluding ortho intramolecular Hbond substituents is 1. The number of phenols is 1. The summed E-state index contributed by atoms with van der Waals surface area (Å²) in [5.74, 6) is 0.191. The van der Waals surface area contributed by atoms with E-state index in [1.165, 1.54) is 6.07 Å². The van der Waals surface area contributed by atoms with Gasteiger partial charge >= 0.3 is 0 Å². The second-order valence-electron chi connectivity index (χ2n) is 6.24. The molecule has 1 heterocycles. The fourth-order valence-electron chi connectivity index (χ4n) is 2.98. The number of ether oxygens (including phenoxy) is 1. The Morgan fingerprint density at radius 3 is 2.67 bits per heavy atom. The number of aryl methyl sites for hydroxylation is 1. The van der Waals surface area contributed by atoms with E-state index in [0.29, 0.717) is 26.8 Å². The van der Waals surface area contributed by atoms with Crippen LogP contribution in [0.25, 0.3) is 21.9 Å². The number of hydrogen-bond donors (Lipinski definition) is 1. The molecule has 3 aromatic carbocycles. The molecular formula is C21H14Cl2O4. The van der Waals surface area contributed by atoms with Gasteiger partial charge in [0.1, 0.15) is 34.7 Å². The SMILES string of the molecule is Cc1cccc2c(=O)c3c(O)cc(OCc4ccc(Cl)c(Cl)c4)cc3oc12. The van der Waals surface area contributed by atoms with Gasteiger partial charge in [-0.1, -0.05) is 41.4 Å². The van der Waals surface area contributed by atoms with Gasteiger partial charge in [0.25, 0.3) is 0 Å². The second-order valence-corrected chi connectivity index (χ2v) is 7.05. The summed E-state index contributed by atoms with van der Waals surface area (Å²) in [6, 6.07) is 13.5. The van der Waals surface area contributed by atoms with E-state index >= 15 is 0 Å². The molecule has 0 aliphatic carbocycles. The first kappa shape index (κ1) is 17.7. The Bertz CT molecular complexity index is 1240. The van der Waals surface area contributed by atoms with E-state index < -0.39 is 0 Å². The smallest absolute Gasteiger partial charge is 0.204 e. The van der Waals surface area contributed by atoms with Crippen LogP contribution in [-0.4, -0.2) is 5.11 Å². The molecule has 1 N–H and O–H groups in total. The van der Waals surface area contributed by atoms with E-state index in [1.807, 2.05) is 13.0 Å². The zero-order valence-electron chi connectivity index (χ0n) is 14.3. The van der Waals surface area contributed by atoms with Crippen molar-refractivity contribution in [3.8, 4) is 11.5 Å². The minimum atomic E-state index is -0.275. The molecule has 136 valence electrons. The fourth-order valence-corrected chi connectivity index (χ4v) is 3.30. The van der Waals surface area contributed by atoms with Crippen molar-refractivity contribution in [1.29, 1.82) is 0 Å². The molecule has 0 saturated carbocycles. The third-order valence-electron chi connectivity index (χ3n) is 4.34. The average molecular weight is 401 g/mol. The number of benzene rings is 3. The Morgan fingerprint density at radius 1 is 1.07 bits per heavy atom. The van der Waals surface area contributed by atoms with Gasteiger partial charge in [0.2, 0.25) is 5.43 Å². The number of hydrogen-bond acceptors (Lipinski definition) is 4. The molecule has 4 aromatic rings. The summed E-state index contributed by atoms with van der Waals surface area (Å²) >= 11 is 11.9. The maximum atomic E-state index is 12.7. The van der Waals surface area contributed by atoms with Gasteiger partial charge in [-0.2, -0.15) is 0 Å². The summed E-state index contributed by atoms with van der Waals surface area (Å²) in [5.41, 5.74) is 2.15. The highest BCUT2D eigenvalue weighted by Crippen LogP contribution is 2.32. The lowest BCUT2D eigenvalue weighted by Gasteiger charge is -2.10. The predicted molar refractivity (Wildman–Crippen MR) is 107 cm³/mol. The van der Waals surface area contributed by atoms with Crippen LogP contribution in [0, 0.1) is 6.92 Å². The normalized spacial score (nSPS) is 11.2. The van der Waals surface area contributed by atoms with E-state index in [2.05, 4.69) is 0 Å². The van der Waals surface area contributed by atoms with Crippen molar-refractivity contribution >= 4 is 45.1 Å². The molecule has 6 heteroatoms. The average Bonchev–Trinajstić information content (AvgIpc) is 2.63. The zero-order valence-corrected chi connectivity index (χ0v) is 15.8. The van der Waals surface area contributed by atoms with Crippen molar-refractivity contribution in [3.63, 3.8) is 0 Å². The highest BCUT2D eigenvalue weighted by atomic mass is 35.5. The van der Waals surface area contributed by atoms with E-state index in [9.17, 15) is 9.90 Å².